The number of carbonyl (C=O) groups is 1. The monoisotopic (exact) mass is 444 g/mol. The predicted octanol–water partition coefficient (Wildman–Crippen LogP) is 5.26. The Balaban J connectivity index is 1.22. The molecule has 0 spiro atoms. The van der Waals surface area contributed by atoms with Crippen molar-refractivity contribution in [3.05, 3.63) is 90.0 Å². The summed E-state index contributed by atoms with van der Waals surface area (Å²) in [5.41, 5.74) is 3.12. The maximum Gasteiger partial charge on any atom is 0.307 e. The van der Waals surface area contributed by atoms with Crippen LogP contribution in [0.1, 0.15) is 23.5 Å². The molecule has 4 aromatic rings. The zero-order valence-corrected chi connectivity index (χ0v) is 18.6. The zero-order chi connectivity index (χ0) is 21.9. The van der Waals surface area contributed by atoms with Gasteiger partial charge in [-0.3, -0.25) is 4.79 Å². The third-order valence-corrected chi connectivity index (χ3v) is 6.86. The number of methoxy groups -OCH3 is 1. The van der Waals surface area contributed by atoms with Crippen LogP contribution in [0.25, 0.3) is 10.2 Å². The second kappa shape index (κ2) is 9.01. The number of thiazole rings is 1. The summed E-state index contributed by atoms with van der Waals surface area (Å²) in [6.07, 6.45) is 0.215. The number of carbonyl (C=O) groups excluding carboxylic acids is 1. The quantitative estimate of drug-likeness (QED) is 0.364. The Morgan fingerprint density at radius 2 is 1.66 bits per heavy atom. The van der Waals surface area contributed by atoms with Crippen LogP contribution in [0.5, 0.6) is 5.75 Å². The van der Waals surface area contributed by atoms with Crippen LogP contribution in [0.15, 0.2) is 78.9 Å². The van der Waals surface area contributed by atoms with Gasteiger partial charge in [0.2, 0.25) is 0 Å². The Bertz CT molecular complexity index is 1160. The lowest BCUT2D eigenvalue weighted by Gasteiger charge is -2.38. The molecule has 1 aliphatic heterocycles. The van der Waals surface area contributed by atoms with E-state index in [9.17, 15) is 4.79 Å². The molecule has 1 fully saturated rings. The number of hydrogen-bond acceptors (Lipinski definition) is 6. The Hall–Kier alpha value is -3.38. The number of aromatic nitrogens is 1. The van der Waals surface area contributed by atoms with E-state index in [2.05, 4.69) is 29.2 Å². The van der Waals surface area contributed by atoms with Gasteiger partial charge < -0.3 is 14.4 Å². The maximum atomic E-state index is 12.8. The van der Waals surface area contributed by atoms with E-state index in [4.69, 9.17) is 14.5 Å². The number of benzene rings is 3. The molecule has 0 bridgehead atoms. The Morgan fingerprint density at radius 3 is 2.28 bits per heavy atom. The molecule has 0 saturated carbocycles. The van der Waals surface area contributed by atoms with E-state index in [1.807, 2.05) is 54.6 Å². The van der Waals surface area contributed by atoms with Crippen molar-refractivity contribution in [3.63, 3.8) is 0 Å². The molecule has 2 heterocycles. The lowest BCUT2D eigenvalue weighted by molar-refractivity contribution is -0.150. The van der Waals surface area contributed by atoms with Gasteiger partial charge in [-0.15, -0.1) is 0 Å². The van der Waals surface area contributed by atoms with E-state index in [1.165, 1.54) is 0 Å². The molecule has 6 heteroatoms. The second-order valence-electron chi connectivity index (χ2n) is 7.90. The Kier molecular flexibility index (Phi) is 5.77. The van der Waals surface area contributed by atoms with E-state index in [1.54, 1.807) is 18.4 Å². The summed E-state index contributed by atoms with van der Waals surface area (Å²) in [7, 11) is 1.66. The Morgan fingerprint density at radius 1 is 1.00 bits per heavy atom. The van der Waals surface area contributed by atoms with Gasteiger partial charge in [0.1, 0.15) is 17.4 Å². The number of para-hydroxylation sites is 1. The minimum atomic E-state index is -0.168. The van der Waals surface area contributed by atoms with Crippen LogP contribution in [0.2, 0.25) is 0 Å². The highest BCUT2D eigenvalue weighted by molar-refractivity contribution is 7.22. The largest absolute Gasteiger partial charge is 0.494 e. The van der Waals surface area contributed by atoms with Crippen molar-refractivity contribution in [2.24, 2.45) is 0 Å². The molecule has 1 saturated heterocycles. The normalized spacial score (nSPS) is 13.9. The van der Waals surface area contributed by atoms with Gasteiger partial charge in [0, 0.05) is 5.92 Å². The van der Waals surface area contributed by atoms with Crippen LogP contribution < -0.4 is 9.64 Å². The number of ether oxygens (including phenoxy) is 2. The van der Waals surface area contributed by atoms with Crippen LogP contribution in [-0.4, -0.2) is 37.3 Å². The average Bonchev–Trinajstić information content (AvgIpc) is 3.24. The molecule has 0 unspecified atom stereocenters. The molecule has 0 atom stereocenters. The number of nitrogens with zero attached hydrogens (tertiary/aromatic N) is 2. The summed E-state index contributed by atoms with van der Waals surface area (Å²) < 4.78 is 12.3. The number of rotatable bonds is 7. The lowest BCUT2D eigenvalue weighted by Crippen LogP contribution is -2.53. The first-order valence-electron chi connectivity index (χ1n) is 10.7. The number of hydrogen-bond donors (Lipinski definition) is 0. The molecule has 0 aliphatic carbocycles. The third kappa shape index (κ3) is 4.18. The summed E-state index contributed by atoms with van der Waals surface area (Å²) >= 11 is 1.63. The van der Waals surface area contributed by atoms with Gasteiger partial charge in [-0.2, -0.15) is 0 Å². The van der Waals surface area contributed by atoms with Gasteiger partial charge in [0.15, 0.2) is 5.13 Å². The molecule has 3 aromatic carbocycles. The first kappa shape index (κ1) is 20.5. The van der Waals surface area contributed by atoms with E-state index in [0.29, 0.717) is 19.5 Å². The van der Waals surface area contributed by atoms with Crippen LogP contribution >= 0.6 is 11.3 Å². The molecule has 1 aromatic heterocycles. The van der Waals surface area contributed by atoms with Gasteiger partial charge in [0.25, 0.3) is 0 Å². The van der Waals surface area contributed by atoms with E-state index in [0.717, 1.165) is 32.2 Å². The number of fused-ring (bicyclic) bond motifs is 1. The molecule has 0 N–H and O–H groups in total. The fraction of sp³-hybridized carbons (Fsp3) is 0.231. The fourth-order valence-corrected chi connectivity index (χ4v) is 5.08. The van der Waals surface area contributed by atoms with Crippen molar-refractivity contribution in [1.29, 1.82) is 0 Å². The van der Waals surface area contributed by atoms with Crippen molar-refractivity contribution in [2.75, 3.05) is 25.1 Å². The maximum absolute atomic E-state index is 12.8. The summed E-state index contributed by atoms with van der Waals surface area (Å²) in [6.45, 7) is 1.32. The minimum absolute atomic E-state index is 0.0159. The SMILES string of the molecule is COc1cccc2sc(N3CC(OC(=O)CC(c4ccccc4)c4ccccc4)C3)nc12. The van der Waals surface area contributed by atoms with Crippen molar-refractivity contribution in [3.8, 4) is 5.75 Å². The summed E-state index contributed by atoms with van der Waals surface area (Å²) in [6, 6.07) is 26.2. The van der Waals surface area contributed by atoms with Gasteiger partial charge in [-0.25, -0.2) is 4.98 Å². The van der Waals surface area contributed by atoms with E-state index < -0.39 is 0 Å². The van der Waals surface area contributed by atoms with Crippen molar-refractivity contribution in [2.45, 2.75) is 18.4 Å². The minimum Gasteiger partial charge on any atom is -0.494 e. The van der Waals surface area contributed by atoms with Crippen molar-refractivity contribution in [1.82, 2.24) is 4.98 Å². The van der Waals surface area contributed by atoms with E-state index in [-0.39, 0.29) is 18.0 Å². The smallest absolute Gasteiger partial charge is 0.307 e. The molecule has 162 valence electrons. The molecule has 5 nitrogen and oxygen atoms in total. The highest BCUT2D eigenvalue weighted by Gasteiger charge is 2.33. The van der Waals surface area contributed by atoms with Gasteiger partial charge in [0.05, 0.1) is 31.3 Å². The zero-order valence-electron chi connectivity index (χ0n) is 17.8. The molecule has 0 amide bonds. The second-order valence-corrected chi connectivity index (χ2v) is 8.91. The summed E-state index contributed by atoms with van der Waals surface area (Å²) in [5.74, 6) is 0.595. The Labute approximate surface area is 191 Å². The third-order valence-electron chi connectivity index (χ3n) is 5.78. The molecule has 5 rings (SSSR count). The van der Waals surface area contributed by atoms with Crippen LogP contribution in [0, 0.1) is 0 Å². The van der Waals surface area contributed by atoms with Gasteiger partial charge in [-0.05, 0) is 23.3 Å². The van der Waals surface area contributed by atoms with Gasteiger partial charge >= 0.3 is 5.97 Å². The summed E-state index contributed by atoms with van der Waals surface area (Å²) in [5, 5.41) is 0.934. The van der Waals surface area contributed by atoms with Crippen LogP contribution in [0.4, 0.5) is 5.13 Å². The first-order chi connectivity index (χ1) is 15.7. The van der Waals surface area contributed by atoms with E-state index >= 15 is 0 Å². The number of esters is 1. The summed E-state index contributed by atoms with van der Waals surface area (Å²) in [4.78, 5) is 19.7. The van der Waals surface area contributed by atoms with Gasteiger partial charge in [-0.1, -0.05) is 78.1 Å². The highest BCUT2D eigenvalue weighted by Crippen LogP contribution is 2.36. The van der Waals surface area contributed by atoms with Crippen LogP contribution in [0.3, 0.4) is 0 Å². The molecule has 32 heavy (non-hydrogen) atoms. The molecular formula is C26H24N2O3S. The molecule has 1 aliphatic rings. The molecular weight excluding hydrogens is 420 g/mol. The average molecular weight is 445 g/mol. The fourth-order valence-electron chi connectivity index (χ4n) is 4.08. The van der Waals surface area contributed by atoms with Crippen LogP contribution in [-0.2, 0) is 9.53 Å². The van der Waals surface area contributed by atoms with Crippen molar-refractivity contribution < 1.29 is 14.3 Å². The lowest BCUT2D eigenvalue weighted by atomic mass is 9.88. The number of anilines is 1. The standard InChI is InChI=1S/C26H24N2O3S/c1-30-22-13-8-14-23-25(22)27-26(32-23)28-16-20(17-28)31-24(29)15-21(18-9-4-2-5-10-18)19-11-6-3-7-12-19/h2-14,20-21H,15-17H2,1H3. The predicted molar refractivity (Wildman–Crippen MR) is 128 cm³/mol. The van der Waals surface area contributed by atoms with Crippen molar-refractivity contribution >= 4 is 32.7 Å². The topological polar surface area (TPSA) is 51.7 Å². The first-order valence-corrected chi connectivity index (χ1v) is 11.5. The highest BCUT2D eigenvalue weighted by atomic mass is 32.1. The molecule has 0 radical (unpaired) electrons.